The van der Waals surface area contributed by atoms with E-state index in [-0.39, 0.29) is 5.56 Å². The molecule has 1 N–H and O–H groups in total. The summed E-state index contributed by atoms with van der Waals surface area (Å²) in [6, 6.07) is 12.6. The molecule has 0 bridgehead atoms. The normalized spacial score (nSPS) is 10.7. The Hall–Kier alpha value is -2.39. The third-order valence-corrected chi connectivity index (χ3v) is 2.92. The lowest BCUT2D eigenvalue weighted by Gasteiger charge is -1.96. The van der Waals surface area contributed by atoms with E-state index in [4.69, 9.17) is 11.6 Å². The predicted molar refractivity (Wildman–Crippen MR) is 79.2 cm³/mol. The number of aromatic hydroxyl groups is 1. The highest BCUT2D eigenvalue weighted by Gasteiger charge is 2.09. The molecule has 4 heteroatoms. The van der Waals surface area contributed by atoms with Gasteiger partial charge in [-0.25, -0.2) is 0 Å². The Morgan fingerprint density at radius 1 is 1.05 bits per heavy atom. The van der Waals surface area contributed by atoms with Crippen molar-refractivity contribution in [3.63, 3.8) is 0 Å². The number of ketones is 1. The molecule has 2 rings (SSSR count). The first-order valence-corrected chi connectivity index (χ1v) is 6.26. The summed E-state index contributed by atoms with van der Waals surface area (Å²) in [5.41, 5.74) is 0.188. The first kappa shape index (κ1) is 14.0. The van der Waals surface area contributed by atoms with Crippen molar-refractivity contribution >= 4 is 23.5 Å². The molecule has 0 amide bonds. The van der Waals surface area contributed by atoms with Gasteiger partial charge in [0.1, 0.15) is 0 Å². The van der Waals surface area contributed by atoms with Crippen LogP contribution in [0.15, 0.2) is 59.4 Å². The molecule has 0 atom stereocenters. The fourth-order valence-corrected chi connectivity index (χ4v) is 1.75. The fraction of sp³-hybridized carbons (Fsp3) is 0. The second-order valence-corrected chi connectivity index (χ2v) is 4.53. The molecule has 2 aromatic rings. The minimum absolute atomic E-state index is 0.0230. The Morgan fingerprint density at radius 2 is 1.70 bits per heavy atom. The molecule has 3 nitrogen and oxygen atoms in total. The minimum Gasteiger partial charge on any atom is -0.504 e. The summed E-state index contributed by atoms with van der Waals surface area (Å²) in [4.78, 5) is 23.4. The van der Waals surface area contributed by atoms with Gasteiger partial charge in [-0.1, -0.05) is 41.9 Å². The van der Waals surface area contributed by atoms with E-state index in [9.17, 15) is 14.7 Å². The molecule has 20 heavy (non-hydrogen) atoms. The van der Waals surface area contributed by atoms with Crippen LogP contribution < -0.4 is 5.43 Å². The number of hydrogen-bond acceptors (Lipinski definition) is 3. The number of benzene rings is 1. The molecule has 0 saturated carbocycles. The third-order valence-electron chi connectivity index (χ3n) is 2.67. The Morgan fingerprint density at radius 3 is 2.40 bits per heavy atom. The van der Waals surface area contributed by atoms with Crippen LogP contribution in [0.3, 0.4) is 0 Å². The monoisotopic (exact) mass is 286 g/mol. The van der Waals surface area contributed by atoms with Gasteiger partial charge in [-0.2, -0.15) is 0 Å². The maximum absolute atomic E-state index is 12.0. The summed E-state index contributed by atoms with van der Waals surface area (Å²) in [7, 11) is 0. The Labute approximate surface area is 120 Å². The highest BCUT2D eigenvalue weighted by molar-refractivity contribution is 6.30. The molecule has 0 aliphatic rings. The summed E-state index contributed by atoms with van der Waals surface area (Å²) in [6.45, 7) is 0. The van der Waals surface area contributed by atoms with Crippen LogP contribution in [0.25, 0.3) is 6.08 Å². The van der Waals surface area contributed by atoms with Crippen LogP contribution in [0.4, 0.5) is 0 Å². The molecular formula is C16H11ClO3. The zero-order chi connectivity index (χ0) is 14.5. The average Bonchev–Trinajstić information content (AvgIpc) is 2.61. The van der Waals surface area contributed by atoms with Crippen LogP contribution >= 0.6 is 11.6 Å². The maximum Gasteiger partial charge on any atom is 0.220 e. The molecule has 0 aliphatic carbocycles. The van der Waals surface area contributed by atoms with Gasteiger partial charge in [0.05, 0.1) is 5.56 Å². The standard InChI is InChI=1S/C16H11ClO3/c17-12-8-5-11(6-9-12)7-10-14(18)13-3-1-2-4-15(19)16(13)20/h1-10H,(H,19,20). The van der Waals surface area contributed by atoms with Gasteiger partial charge in [0.25, 0.3) is 0 Å². The number of halogens is 1. The van der Waals surface area contributed by atoms with Crippen molar-refractivity contribution in [1.82, 2.24) is 0 Å². The van der Waals surface area contributed by atoms with Gasteiger partial charge >= 0.3 is 0 Å². The molecule has 0 unspecified atom stereocenters. The lowest BCUT2D eigenvalue weighted by atomic mass is 10.1. The fourth-order valence-electron chi connectivity index (χ4n) is 1.62. The smallest absolute Gasteiger partial charge is 0.220 e. The molecule has 0 spiro atoms. The van der Waals surface area contributed by atoms with Crippen molar-refractivity contribution in [2.75, 3.05) is 0 Å². The summed E-state index contributed by atoms with van der Waals surface area (Å²) < 4.78 is 0. The number of carbonyl (C=O) groups excluding carboxylic acids is 1. The second kappa shape index (κ2) is 6.17. The maximum atomic E-state index is 12.0. The van der Waals surface area contributed by atoms with E-state index in [1.807, 2.05) is 0 Å². The van der Waals surface area contributed by atoms with Gasteiger partial charge in [-0.15, -0.1) is 0 Å². The summed E-state index contributed by atoms with van der Waals surface area (Å²) in [5.74, 6) is -0.980. The second-order valence-electron chi connectivity index (χ2n) is 4.09. The average molecular weight is 287 g/mol. The van der Waals surface area contributed by atoms with Crippen molar-refractivity contribution in [3.8, 4) is 5.75 Å². The van der Waals surface area contributed by atoms with Crippen LogP contribution in [-0.4, -0.2) is 10.9 Å². The lowest BCUT2D eigenvalue weighted by molar-refractivity contribution is 0.104. The van der Waals surface area contributed by atoms with Crippen molar-refractivity contribution < 1.29 is 9.90 Å². The highest BCUT2D eigenvalue weighted by atomic mass is 35.5. The quantitative estimate of drug-likeness (QED) is 0.696. The van der Waals surface area contributed by atoms with Crippen molar-refractivity contribution in [1.29, 1.82) is 0 Å². The van der Waals surface area contributed by atoms with Gasteiger partial charge in [0.15, 0.2) is 11.5 Å². The molecule has 0 radical (unpaired) electrons. The van der Waals surface area contributed by atoms with E-state index in [1.54, 1.807) is 30.3 Å². The van der Waals surface area contributed by atoms with Gasteiger partial charge in [0, 0.05) is 5.02 Å². The van der Waals surface area contributed by atoms with E-state index in [0.717, 1.165) is 5.56 Å². The minimum atomic E-state index is -0.585. The van der Waals surface area contributed by atoms with Gasteiger partial charge in [0.2, 0.25) is 5.43 Å². The first-order valence-electron chi connectivity index (χ1n) is 5.88. The van der Waals surface area contributed by atoms with Gasteiger partial charge < -0.3 is 5.11 Å². The van der Waals surface area contributed by atoms with Crippen molar-refractivity contribution in [2.45, 2.75) is 0 Å². The molecule has 0 heterocycles. The van der Waals surface area contributed by atoms with Crippen LogP contribution in [0.1, 0.15) is 15.9 Å². The SMILES string of the molecule is O=C(C=Cc1ccc(Cl)cc1)c1ccccc(=O)c1O. The van der Waals surface area contributed by atoms with E-state index < -0.39 is 17.0 Å². The largest absolute Gasteiger partial charge is 0.504 e. The Bertz CT molecular complexity index is 718. The van der Waals surface area contributed by atoms with Gasteiger partial charge in [-0.3, -0.25) is 9.59 Å². The van der Waals surface area contributed by atoms with Crippen LogP contribution in [0.2, 0.25) is 5.02 Å². The summed E-state index contributed by atoms with van der Waals surface area (Å²) in [5, 5.41) is 10.3. The first-order chi connectivity index (χ1) is 9.58. The highest BCUT2D eigenvalue weighted by Crippen LogP contribution is 2.14. The zero-order valence-corrected chi connectivity index (χ0v) is 11.2. The Kier molecular flexibility index (Phi) is 4.33. The Balaban J connectivity index is 2.30. The number of allylic oxidation sites excluding steroid dienone is 1. The predicted octanol–water partition coefficient (Wildman–Crippen LogP) is 3.30. The zero-order valence-electron chi connectivity index (χ0n) is 10.4. The van der Waals surface area contributed by atoms with E-state index in [1.165, 1.54) is 30.3 Å². The molecule has 0 aromatic heterocycles. The molecule has 0 aliphatic heterocycles. The lowest BCUT2D eigenvalue weighted by Crippen LogP contribution is -2.01. The molecule has 0 saturated heterocycles. The van der Waals surface area contributed by atoms with E-state index >= 15 is 0 Å². The number of rotatable bonds is 3. The molecule has 2 aromatic carbocycles. The topological polar surface area (TPSA) is 54.4 Å². The van der Waals surface area contributed by atoms with Crippen LogP contribution in [0, 0.1) is 0 Å². The van der Waals surface area contributed by atoms with Gasteiger partial charge in [-0.05, 0) is 35.9 Å². The number of hydrogen-bond donors (Lipinski definition) is 1. The summed E-state index contributed by atoms with van der Waals surface area (Å²) in [6.07, 6.45) is 2.90. The molecular weight excluding hydrogens is 276 g/mol. The number of carbonyl (C=O) groups is 1. The summed E-state index contributed by atoms with van der Waals surface area (Å²) >= 11 is 5.76. The van der Waals surface area contributed by atoms with Crippen molar-refractivity contribution in [3.05, 3.63) is 81.0 Å². The van der Waals surface area contributed by atoms with E-state index in [0.29, 0.717) is 5.02 Å². The van der Waals surface area contributed by atoms with E-state index in [2.05, 4.69) is 0 Å². The third kappa shape index (κ3) is 3.33. The molecule has 0 fully saturated rings. The molecule has 100 valence electrons. The van der Waals surface area contributed by atoms with Crippen molar-refractivity contribution in [2.24, 2.45) is 0 Å². The van der Waals surface area contributed by atoms with Crippen LogP contribution in [-0.2, 0) is 0 Å². The van der Waals surface area contributed by atoms with Crippen LogP contribution in [0.5, 0.6) is 5.75 Å².